The smallest absolute Gasteiger partial charge is 0.171 e. The van der Waals surface area contributed by atoms with Crippen LogP contribution in [0.15, 0.2) is 23.8 Å². The van der Waals surface area contributed by atoms with Crippen LogP contribution in [0.1, 0.15) is 65.7 Å². The fourth-order valence-corrected chi connectivity index (χ4v) is 8.93. The van der Waals surface area contributed by atoms with E-state index in [1.54, 1.807) is 0 Å². The third-order valence-electron chi connectivity index (χ3n) is 10.5. The van der Waals surface area contributed by atoms with Crippen LogP contribution in [0, 0.1) is 52.3 Å². The summed E-state index contributed by atoms with van der Waals surface area (Å²) >= 11 is 0. The summed E-state index contributed by atoms with van der Waals surface area (Å²) in [5, 5.41) is 33.2. The van der Waals surface area contributed by atoms with E-state index in [1.807, 2.05) is 6.08 Å². The number of fused-ring (bicyclic) bond motifs is 6. The van der Waals surface area contributed by atoms with E-state index in [0.717, 1.165) is 32.1 Å². The first-order valence-corrected chi connectivity index (χ1v) is 13.2. The molecule has 5 aliphatic carbocycles. The van der Waals surface area contributed by atoms with E-state index in [9.17, 15) is 15.3 Å². The molecule has 0 aromatic heterocycles. The van der Waals surface area contributed by atoms with Gasteiger partial charge in [0.2, 0.25) is 0 Å². The van der Waals surface area contributed by atoms with Gasteiger partial charge in [-0.1, -0.05) is 44.3 Å². The summed E-state index contributed by atoms with van der Waals surface area (Å²) in [6.45, 7) is 11.8. The van der Waals surface area contributed by atoms with Gasteiger partial charge in [-0.25, -0.2) is 0 Å². The van der Waals surface area contributed by atoms with E-state index in [4.69, 9.17) is 9.47 Å². The highest BCUT2D eigenvalue weighted by Gasteiger charge is 2.76. The van der Waals surface area contributed by atoms with Gasteiger partial charge >= 0.3 is 0 Å². The Bertz CT molecular complexity index is 992. The van der Waals surface area contributed by atoms with Crippen molar-refractivity contribution in [3.05, 3.63) is 23.8 Å². The summed E-state index contributed by atoms with van der Waals surface area (Å²) in [5.41, 5.74) is 0.321. The summed E-state index contributed by atoms with van der Waals surface area (Å²) in [4.78, 5) is 0. The van der Waals surface area contributed by atoms with Crippen molar-refractivity contribution in [1.82, 2.24) is 0 Å². The van der Waals surface area contributed by atoms with Gasteiger partial charge < -0.3 is 24.8 Å². The fourth-order valence-electron chi connectivity index (χ4n) is 8.93. The lowest BCUT2D eigenvalue weighted by molar-refractivity contribution is -0.322. The van der Waals surface area contributed by atoms with Gasteiger partial charge in [0, 0.05) is 29.6 Å². The first-order valence-electron chi connectivity index (χ1n) is 13.2. The highest BCUT2D eigenvalue weighted by Crippen LogP contribution is 2.76. The fraction of sp³-hybridized carbons (Fsp3) is 0.793. The highest BCUT2D eigenvalue weighted by atomic mass is 16.7. The number of allylic oxidation sites excluding steroid dienone is 2. The topological polar surface area (TPSA) is 79.2 Å². The average Bonchev–Trinajstić information content (AvgIpc) is 3.56. The van der Waals surface area contributed by atoms with Gasteiger partial charge in [-0.05, 0) is 61.3 Å². The Morgan fingerprint density at radius 1 is 1.15 bits per heavy atom. The van der Waals surface area contributed by atoms with E-state index in [2.05, 4.69) is 39.2 Å². The molecule has 5 heteroatoms. The monoisotopic (exact) mass is 468 g/mol. The Morgan fingerprint density at radius 3 is 2.56 bits per heavy atom. The Hall–Kier alpha value is -1.16. The molecule has 34 heavy (non-hydrogen) atoms. The van der Waals surface area contributed by atoms with E-state index < -0.39 is 17.0 Å². The molecular weight excluding hydrogens is 428 g/mol. The van der Waals surface area contributed by atoms with Gasteiger partial charge in [0.1, 0.15) is 12.2 Å². The second-order valence-corrected chi connectivity index (χ2v) is 13.2. The van der Waals surface area contributed by atoms with Crippen molar-refractivity contribution in [2.75, 3.05) is 19.8 Å². The normalized spacial score (nSPS) is 49.8. The molecule has 1 spiro atoms. The third-order valence-corrected chi connectivity index (χ3v) is 10.5. The molecule has 1 heterocycles. The molecule has 1 saturated heterocycles. The number of rotatable bonds is 1. The number of hydrogen-bond donors (Lipinski definition) is 3. The molecule has 0 bridgehead atoms. The van der Waals surface area contributed by atoms with Crippen LogP contribution in [0.25, 0.3) is 0 Å². The number of hydrogen-bond acceptors (Lipinski definition) is 5. The number of aliphatic hydroxyl groups excluding tert-OH is 1. The van der Waals surface area contributed by atoms with E-state index in [1.165, 1.54) is 11.1 Å². The van der Waals surface area contributed by atoms with Gasteiger partial charge in [-0.15, -0.1) is 6.58 Å². The summed E-state index contributed by atoms with van der Waals surface area (Å²) in [7, 11) is 0. The molecule has 5 nitrogen and oxygen atoms in total. The Labute approximate surface area is 203 Å². The predicted molar refractivity (Wildman–Crippen MR) is 128 cm³/mol. The highest BCUT2D eigenvalue weighted by molar-refractivity contribution is 5.43. The van der Waals surface area contributed by atoms with E-state index >= 15 is 0 Å². The lowest BCUT2D eigenvalue weighted by atomic mass is 9.49. The van der Waals surface area contributed by atoms with E-state index in [-0.39, 0.29) is 29.3 Å². The minimum absolute atomic E-state index is 0.00498. The van der Waals surface area contributed by atoms with Crippen molar-refractivity contribution >= 4 is 0 Å². The van der Waals surface area contributed by atoms with Crippen LogP contribution >= 0.6 is 0 Å². The summed E-state index contributed by atoms with van der Waals surface area (Å²) in [5.74, 6) is 6.72. The molecule has 1 aliphatic heterocycles. The lowest BCUT2D eigenvalue weighted by Gasteiger charge is -2.58. The predicted octanol–water partition coefficient (Wildman–Crippen LogP) is 3.58. The van der Waals surface area contributed by atoms with Gasteiger partial charge in [0.05, 0.1) is 18.8 Å². The maximum atomic E-state index is 12.0. The average molecular weight is 469 g/mol. The summed E-state index contributed by atoms with van der Waals surface area (Å²) in [6.07, 6.45) is 7.54. The van der Waals surface area contributed by atoms with Crippen molar-refractivity contribution in [3.63, 3.8) is 0 Å². The molecular formula is C29H40O5. The van der Waals surface area contributed by atoms with Crippen molar-refractivity contribution < 1.29 is 24.8 Å². The number of ether oxygens (including phenoxy) is 2. The maximum absolute atomic E-state index is 12.0. The minimum atomic E-state index is -1.05. The molecule has 6 rings (SSSR count). The summed E-state index contributed by atoms with van der Waals surface area (Å²) < 4.78 is 12.6. The zero-order valence-electron chi connectivity index (χ0n) is 20.9. The Morgan fingerprint density at radius 2 is 1.88 bits per heavy atom. The van der Waals surface area contributed by atoms with Crippen LogP contribution in [0.4, 0.5) is 0 Å². The second kappa shape index (κ2) is 7.20. The molecule has 4 saturated carbocycles. The largest absolute Gasteiger partial charge is 0.385 e. The van der Waals surface area contributed by atoms with E-state index in [0.29, 0.717) is 43.8 Å². The van der Waals surface area contributed by atoms with Gasteiger partial charge in [-0.2, -0.15) is 0 Å². The van der Waals surface area contributed by atoms with Crippen LogP contribution in [0.3, 0.4) is 0 Å². The molecule has 5 fully saturated rings. The quantitative estimate of drug-likeness (QED) is 0.405. The van der Waals surface area contributed by atoms with Crippen molar-refractivity contribution in [2.45, 2.75) is 82.7 Å². The first kappa shape index (κ1) is 23.3. The third kappa shape index (κ3) is 2.99. The standard InChI is InChI=1S/C29H40O5/c1-5-18-14-26(4)24(20-13-22(20)29(26,32)9-6-12-30)19-7-10-27(31)15-28(11-8-21(27)23(18)19)33-16-25(2,3)17-34-28/h5,18-20,22,24,30-32H,1,7-8,10-17H2,2-4H3/t18-,19+,20+,22-,24+,26-,27+,29-/m0/s1. The molecule has 3 N–H and O–H groups in total. The van der Waals surface area contributed by atoms with Crippen molar-refractivity contribution in [3.8, 4) is 11.8 Å². The maximum Gasteiger partial charge on any atom is 0.171 e. The minimum Gasteiger partial charge on any atom is -0.385 e. The molecule has 0 radical (unpaired) electrons. The molecule has 0 unspecified atom stereocenters. The van der Waals surface area contributed by atoms with Gasteiger partial charge in [-0.3, -0.25) is 0 Å². The Balaban J connectivity index is 1.37. The molecule has 6 aliphatic rings. The molecule has 8 atom stereocenters. The van der Waals surface area contributed by atoms with Crippen molar-refractivity contribution in [1.29, 1.82) is 0 Å². The van der Waals surface area contributed by atoms with Crippen LogP contribution < -0.4 is 0 Å². The van der Waals surface area contributed by atoms with Gasteiger partial charge in [0.25, 0.3) is 0 Å². The summed E-state index contributed by atoms with van der Waals surface area (Å²) in [6, 6.07) is 0. The zero-order valence-corrected chi connectivity index (χ0v) is 20.9. The van der Waals surface area contributed by atoms with Crippen LogP contribution in [-0.4, -0.2) is 52.1 Å². The molecule has 0 aromatic carbocycles. The van der Waals surface area contributed by atoms with Gasteiger partial charge in [0.15, 0.2) is 5.79 Å². The van der Waals surface area contributed by atoms with Crippen LogP contribution in [-0.2, 0) is 9.47 Å². The van der Waals surface area contributed by atoms with Crippen LogP contribution in [0.5, 0.6) is 0 Å². The van der Waals surface area contributed by atoms with Crippen molar-refractivity contribution in [2.24, 2.45) is 40.4 Å². The lowest BCUT2D eigenvalue weighted by Crippen LogP contribution is -2.59. The number of aliphatic hydroxyl groups is 3. The Kier molecular flexibility index (Phi) is 4.93. The zero-order chi connectivity index (χ0) is 24.1. The van der Waals surface area contributed by atoms with Crippen LogP contribution in [0.2, 0.25) is 0 Å². The molecule has 186 valence electrons. The molecule has 0 amide bonds. The first-order chi connectivity index (χ1) is 16.0. The molecule has 0 aromatic rings. The SMILES string of the molecule is C=C[C@H]1C[C@@]2(C)[C@@H]([C@@H]3C[C@@H]3[C@@]2(O)C#CCO)[C@@H]2CC[C@@]3(O)CC4(CCC3=C21)OCC(C)(C)CO4. The second-order valence-electron chi connectivity index (χ2n) is 13.2.